The molecular formula is C10H15NO3S. The van der Waals surface area contributed by atoms with Crippen molar-refractivity contribution in [2.45, 2.75) is 11.8 Å². The third-order valence-corrected chi connectivity index (χ3v) is 3.74. The number of hydrogen-bond acceptors (Lipinski definition) is 3. The zero-order valence-electron chi connectivity index (χ0n) is 9.10. The Balaban J connectivity index is 2.99. The highest BCUT2D eigenvalue weighted by Gasteiger charge is 2.16. The molecule has 0 bridgehead atoms. The lowest BCUT2D eigenvalue weighted by atomic mass is 10.3. The smallest absolute Gasteiger partial charge is 0.242 e. The van der Waals surface area contributed by atoms with E-state index in [4.69, 9.17) is 4.74 Å². The molecule has 0 amide bonds. The van der Waals surface area contributed by atoms with Crippen LogP contribution in [0, 0.1) is 0 Å². The summed E-state index contributed by atoms with van der Waals surface area (Å²) in [4.78, 5) is 0.274. The average Bonchev–Trinajstić information content (AvgIpc) is 2.19. The summed E-state index contributed by atoms with van der Waals surface area (Å²) in [5.41, 5.74) is 0. The summed E-state index contributed by atoms with van der Waals surface area (Å²) < 4.78 is 29.8. The van der Waals surface area contributed by atoms with Crippen LogP contribution in [-0.4, -0.2) is 33.4 Å². The number of nitrogens with zero attached hydrogens (tertiary/aromatic N) is 1. The minimum absolute atomic E-state index is 0.274. The van der Waals surface area contributed by atoms with Gasteiger partial charge < -0.3 is 4.74 Å². The van der Waals surface area contributed by atoms with Crippen molar-refractivity contribution in [2.75, 3.05) is 20.7 Å². The van der Waals surface area contributed by atoms with Crippen molar-refractivity contribution >= 4 is 10.0 Å². The van der Waals surface area contributed by atoms with Crippen molar-refractivity contribution in [2.24, 2.45) is 0 Å². The highest BCUT2D eigenvalue weighted by Crippen LogP contribution is 2.17. The fourth-order valence-corrected chi connectivity index (χ4v) is 1.99. The molecular weight excluding hydrogens is 214 g/mol. The number of rotatable bonds is 4. The van der Waals surface area contributed by atoms with Crippen molar-refractivity contribution in [3.63, 3.8) is 0 Å². The molecule has 1 rings (SSSR count). The molecule has 0 spiro atoms. The Hall–Kier alpha value is -1.07. The minimum atomic E-state index is -3.33. The predicted octanol–water partition coefficient (Wildman–Crippen LogP) is 1.34. The van der Waals surface area contributed by atoms with Gasteiger partial charge in [-0.3, -0.25) is 0 Å². The largest absolute Gasteiger partial charge is 0.494 e. The van der Waals surface area contributed by atoms with Crippen molar-refractivity contribution in [3.05, 3.63) is 24.3 Å². The van der Waals surface area contributed by atoms with Crippen LogP contribution in [0.3, 0.4) is 0 Å². The molecule has 0 atom stereocenters. The van der Waals surface area contributed by atoms with E-state index in [0.29, 0.717) is 12.4 Å². The molecule has 1 aromatic rings. The predicted molar refractivity (Wildman–Crippen MR) is 58.5 cm³/mol. The summed E-state index contributed by atoms with van der Waals surface area (Å²) in [6.45, 7) is 2.45. The van der Waals surface area contributed by atoms with Gasteiger partial charge in [-0.1, -0.05) is 0 Å². The highest BCUT2D eigenvalue weighted by molar-refractivity contribution is 7.89. The van der Waals surface area contributed by atoms with E-state index in [1.54, 1.807) is 24.3 Å². The zero-order chi connectivity index (χ0) is 11.5. The molecule has 0 aliphatic rings. The first-order chi connectivity index (χ1) is 6.98. The van der Waals surface area contributed by atoms with Crippen LogP contribution in [-0.2, 0) is 10.0 Å². The fraction of sp³-hybridized carbons (Fsp3) is 0.400. The standard InChI is InChI=1S/C10H15NO3S/c1-4-14-9-5-7-10(8-6-9)15(12,13)11(2)3/h5-8H,4H2,1-3H3. The molecule has 0 unspecified atom stereocenters. The summed E-state index contributed by atoms with van der Waals surface area (Å²) in [5.74, 6) is 0.676. The Morgan fingerprint density at radius 3 is 2.13 bits per heavy atom. The lowest BCUT2D eigenvalue weighted by Gasteiger charge is -2.11. The van der Waals surface area contributed by atoms with Gasteiger partial charge in [-0.25, -0.2) is 12.7 Å². The summed E-state index contributed by atoms with van der Waals surface area (Å²) in [6, 6.07) is 6.39. The van der Waals surface area contributed by atoms with Gasteiger partial charge in [-0.15, -0.1) is 0 Å². The molecule has 1 aromatic carbocycles. The monoisotopic (exact) mass is 229 g/mol. The molecule has 0 aliphatic carbocycles. The van der Waals surface area contributed by atoms with Crippen LogP contribution in [0.5, 0.6) is 5.75 Å². The molecule has 5 heteroatoms. The number of sulfonamides is 1. The average molecular weight is 229 g/mol. The van der Waals surface area contributed by atoms with E-state index < -0.39 is 10.0 Å². The van der Waals surface area contributed by atoms with E-state index >= 15 is 0 Å². The summed E-state index contributed by atoms with van der Waals surface area (Å²) >= 11 is 0. The lowest BCUT2D eigenvalue weighted by Crippen LogP contribution is -2.22. The molecule has 15 heavy (non-hydrogen) atoms. The van der Waals surface area contributed by atoms with Crippen LogP contribution in [0.25, 0.3) is 0 Å². The van der Waals surface area contributed by atoms with Crippen LogP contribution in [0.1, 0.15) is 6.92 Å². The second kappa shape index (κ2) is 4.63. The number of hydrogen-bond donors (Lipinski definition) is 0. The molecule has 0 radical (unpaired) electrons. The minimum Gasteiger partial charge on any atom is -0.494 e. The van der Waals surface area contributed by atoms with Gasteiger partial charge in [0, 0.05) is 14.1 Å². The Bertz CT molecular complexity index is 409. The van der Waals surface area contributed by atoms with Gasteiger partial charge in [0.1, 0.15) is 5.75 Å². The number of ether oxygens (including phenoxy) is 1. The first-order valence-corrected chi connectivity index (χ1v) is 6.08. The normalized spacial score (nSPS) is 11.7. The summed E-state index contributed by atoms with van der Waals surface area (Å²) in [5, 5.41) is 0. The van der Waals surface area contributed by atoms with Gasteiger partial charge >= 0.3 is 0 Å². The summed E-state index contributed by atoms with van der Waals surface area (Å²) in [7, 11) is -0.319. The van der Waals surface area contributed by atoms with Crippen LogP contribution >= 0.6 is 0 Å². The van der Waals surface area contributed by atoms with Crippen molar-refractivity contribution in [1.29, 1.82) is 0 Å². The second-order valence-electron chi connectivity index (χ2n) is 3.19. The highest BCUT2D eigenvalue weighted by atomic mass is 32.2. The van der Waals surface area contributed by atoms with Crippen LogP contribution in [0.15, 0.2) is 29.2 Å². The van der Waals surface area contributed by atoms with Gasteiger partial charge in [0.05, 0.1) is 11.5 Å². The van der Waals surface area contributed by atoms with E-state index in [2.05, 4.69) is 0 Å². The molecule has 0 aromatic heterocycles. The van der Waals surface area contributed by atoms with E-state index in [-0.39, 0.29) is 4.90 Å². The molecule has 0 aliphatic heterocycles. The molecule has 84 valence electrons. The van der Waals surface area contributed by atoms with E-state index in [1.807, 2.05) is 6.92 Å². The molecule has 0 N–H and O–H groups in total. The van der Waals surface area contributed by atoms with Crippen molar-refractivity contribution < 1.29 is 13.2 Å². The zero-order valence-corrected chi connectivity index (χ0v) is 9.91. The Kier molecular flexibility index (Phi) is 3.71. The van der Waals surface area contributed by atoms with Gasteiger partial charge in [0.25, 0.3) is 0 Å². The maximum absolute atomic E-state index is 11.7. The topological polar surface area (TPSA) is 46.6 Å². The Morgan fingerprint density at radius 1 is 1.20 bits per heavy atom. The van der Waals surface area contributed by atoms with Gasteiger partial charge in [-0.2, -0.15) is 0 Å². The number of benzene rings is 1. The maximum atomic E-state index is 11.7. The fourth-order valence-electron chi connectivity index (χ4n) is 1.09. The van der Waals surface area contributed by atoms with Crippen LogP contribution in [0.2, 0.25) is 0 Å². The molecule has 4 nitrogen and oxygen atoms in total. The van der Waals surface area contributed by atoms with E-state index in [9.17, 15) is 8.42 Å². The lowest BCUT2D eigenvalue weighted by molar-refractivity contribution is 0.340. The van der Waals surface area contributed by atoms with Crippen molar-refractivity contribution in [3.8, 4) is 5.75 Å². The van der Waals surface area contributed by atoms with Crippen molar-refractivity contribution in [1.82, 2.24) is 4.31 Å². The molecule has 0 fully saturated rings. The first-order valence-electron chi connectivity index (χ1n) is 4.64. The third-order valence-electron chi connectivity index (χ3n) is 1.91. The van der Waals surface area contributed by atoms with Crippen LogP contribution in [0.4, 0.5) is 0 Å². The quantitative estimate of drug-likeness (QED) is 0.782. The Labute approximate surface area is 90.5 Å². The maximum Gasteiger partial charge on any atom is 0.242 e. The molecule has 0 saturated carbocycles. The Morgan fingerprint density at radius 2 is 1.73 bits per heavy atom. The van der Waals surface area contributed by atoms with Gasteiger partial charge in [-0.05, 0) is 31.2 Å². The summed E-state index contributed by atoms with van der Waals surface area (Å²) in [6.07, 6.45) is 0. The van der Waals surface area contributed by atoms with E-state index in [1.165, 1.54) is 18.4 Å². The third kappa shape index (κ3) is 2.70. The van der Waals surface area contributed by atoms with Gasteiger partial charge in [0.15, 0.2) is 0 Å². The first kappa shape index (κ1) is 12.0. The SMILES string of the molecule is CCOc1ccc(S(=O)(=O)N(C)C)cc1. The van der Waals surface area contributed by atoms with Crippen LogP contribution < -0.4 is 4.74 Å². The molecule has 0 saturated heterocycles. The van der Waals surface area contributed by atoms with Gasteiger partial charge in [0.2, 0.25) is 10.0 Å². The van der Waals surface area contributed by atoms with E-state index in [0.717, 1.165) is 0 Å². The second-order valence-corrected chi connectivity index (χ2v) is 5.34. The molecule has 0 heterocycles.